The summed E-state index contributed by atoms with van der Waals surface area (Å²) in [5, 5.41) is 0. The molecular weight excluding hydrogens is 493 g/mol. The first kappa shape index (κ1) is 24.0. The number of alkyl halides is 3. The number of hydrogen-bond donors (Lipinski definition) is 0. The predicted octanol–water partition coefficient (Wildman–Crippen LogP) is 6.80. The minimum Gasteiger partial charge on any atom is -0.495 e. The topological polar surface area (TPSA) is 34.2 Å². The number of piperidine rings is 1. The fraction of sp³-hybridized carbons (Fsp3) is 0.533. The van der Waals surface area contributed by atoms with E-state index in [-0.39, 0.29) is 25.7 Å². The van der Waals surface area contributed by atoms with Crippen molar-refractivity contribution in [2.75, 3.05) is 38.4 Å². The molecule has 1 saturated heterocycles. The summed E-state index contributed by atoms with van der Waals surface area (Å²) in [5.41, 5.74) is 7.04. The molecule has 0 N–H and O–H groups in total. The molecule has 0 spiro atoms. The van der Waals surface area contributed by atoms with Crippen molar-refractivity contribution in [3.8, 4) is 17.2 Å². The average molecular weight is 527 g/mol. The number of benzene rings is 2. The van der Waals surface area contributed by atoms with E-state index in [4.69, 9.17) is 14.2 Å². The molecule has 0 radical (unpaired) electrons. The molecule has 2 aromatic carbocycles. The molecule has 2 aromatic rings. The fourth-order valence-corrected chi connectivity index (χ4v) is 7.42. The molecule has 1 aliphatic carbocycles. The molecule has 2 fully saturated rings. The minimum absolute atomic E-state index is 0.121. The van der Waals surface area contributed by atoms with Crippen molar-refractivity contribution < 1.29 is 27.4 Å². The maximum Gasteiger partial charge on any atom is 0.391 e. The van der Waals surface area contributed by atoms with Gasteiger partial charge in [0.2, 0.25) is 6.79 Å². The van der Waals surface area contributed by atoms with Crippen LogP contribution in [0.25, 0.3) is 11.8 Å². The van der Waals surface area contributed by atoms with E-state index >= 15 is 0 Å². The molecule has 1 saturated carbocycles. The third-order valence-corrected chi connectivity index (χ3v) is 9.28. The number of halogens is 3. The summed E-state index contributed by atoms with van der Waals surface area (Å²) in [6.07, 6.45) is 4.05. The number of fused-ring (bicyclic) bond motifs is 5. The fourth-order valence-electron chi connectivity index (χ4n) is 7.42. The lowest BCUT2D eigenvalue weighted by Gasteiger charge is -2.47. The Bertz CT molecular complexity index is 1280. The van der Waals surface area contributed by atoms with Gasteiger partial charge in [-0.15, -0.1) is 0 Å². The molecule has 0 unspecified atom stereocenters. The molecule has 0 bridgehead atoms. The Balaban J connectivity index is 1.36. The van der Waals surface area contributed by atoms with E-state index in [9.17, 15) is 13.2 Å². The van der Waals surface area contributed by atoms with Gasteiger partial charge in [-0.3, -0.25) is 0 Å². The van der Waals surface area contributed by atoms with Crippen LogP contribution in [0, 0.1) is 11.8 Å². The number of methoxy groups -OCH3 is 1. The van der Waals surface area contributed by atoms with Gasteiger partial charge in [-0.25, -0.2) is 0 Å². The van der Waals surface area contributed by atoms with E-state index in [1.165, 1.54) is 35.2 Å². The zero-order valence-corrected chi connectivity index (χ0v) is 21.7. The summed E-state index contributed by atoms with van der Waals surface area (Å²) in [7, 11) is 1.67. The Hall–Kier alpha value is -3.03. The van der Waals surface area contributed by atoms with E-state index in [1.54, 1.807) is 7.11 Å². The van der Waals surface area contributed by atoms with Crippen molar-refractivity contribution in [1.29, 1.82) is 0 Å². The van der Waals surface area contributed by atoms with Crippen LogP contribution in [0.3, 0.4) is 0 Å². The Morgan fingerprint density at radius 3 is 2.39 bits per heavy atom. The van der Waals surface area contributed by atoms with Crippen molar-refractivity contribution in [2.45, 2.75) is 57.2 Å². The van der Waals surface area contributed by atoms with Crippen LogP contribution in [-0.4, -0.2) is 44.6 Å². The van der Waals surface area contributed by atoms with E-state index in [1.807, 2.05) is 6.07 Å². The number of hydrogen-bond acceptors (Lipinski definition) is 5. The lowest BCUT2D eigenvalue weighted by atomic mass is 9.79. The molecule has 4 heterocycles. The molecule has 7 rings (SSSR count). The summed E-state index contributed by atoms with van der Waals surface area (Å²) >= 11 is 0. The smallest absolute Gasteiger partial charge is 0.391 e. The van der Waals surface area contributed by atoms with Crippen molar-refractivity contribution in [1.82, 2.24) is 4.90 Å². The molecule has 5 aliphatic rings. The first-order chi connectivity index (χ1) is 18.4. The third-order valence-electron chi connectivity index (χ3n) is 9.28. The van der Waals surface area contributed by atoms with Gasteiger partial charge in [-0.05, 0) is 73.4 Å². The molecule has 1 atom stereocenters. The zero-order valence-electron chi connectivity index (χ0n) is 21.7. The lowest BCUT2D eigenvalue weighted by molar-refractivity contribution is -0.179. The molecule has 202 valence electrons. The highest BCUT2D eigenvalue weighted by atomic mass is 19.4. The first-order valence-corrected chi connectivity index (χ1v) is 13.9. The van der Waals surface area contributed by atoms with Gasteiger partial charge in [0.1, 0.15) is 5.75 Å². The van der Waals surface area contributed by atoms with Gasteiger partial charge < -0.3 is 24.0 Å². The average Bonchev–Trinajstić information content (AvgIpc) is 3.61. The standard InChI is InChI=1S/C30H33F3N2O3/c1-36-24-7-6-20-14-23-22-16-26-25(37-17-38-26)15-19(22)8-13-35(23)28(18-4-2-3-5-18)27(20)29(24)34-11-9-21(10-12-34)30(31,32)33/h6-7,14-16,18,21,28H,2-5,8-13,17H2,1H3/t28-/m1/s1. The van der Waals surface area contributed by atoms with Gasteiger partial charge in [-0.2, -0.15) is 13.2 Å². The van der Waals surface area contributed by atoms with E-state index in [2.05, 4.69) is 34.1 Å². The van der Waals surface area contributed by atoms with Crippen LogP contribution in [0.5, 0.6) is 17.2 Å². The van der Waals surface area contributed by atoms with Gasteiger partial charge in [-0.1, -0.05) is 18.9 Å². The summed E-state index contributed by atoms with van der Waals surface area (Å²) in [6, 6.07) is 8.54. The van der Waals surface area contributed by atoms with Gasteiger partial charge >= 0.3 is 6.18 Å². The van der Waals surface area contributed by atoms with Crippen LogP contribution < -0.4 is 19.1 Å². The second-order valence-corrected chi connectivity index (χ2v) is 11.2. The monoisotopic (exact) mass is 526 g/mol. The predicted molar refractivity (Wildman–Crippen MR) is 140 cm³/mol. The Labute approximate surface area is 221 Å². The third kappa shape index (κ3) is 3.82. The summed E-state index contributed by atoms with van der Waals surface area (Å²) in [5.74, 6) is 1.63. The normalized spacial score (nSPS) is 23.2. The van der Waals surface area contributed by atoms with Gasteiger partial charge in [0, 0.05) is 36.5 Å². The molecule has 0 aromatic heterocycles. The summed E-state index contributed by atoms with van der Waals surface area (Å²) in [6.45, 7) is 1.92. The SMILES string of the molecule is COc1ccc2c(c1N1CCC(C(F)(F)F)CC1)[C@@H](C1CCCC1)N1CCc3cc4c(cc3C1=C2)OCO4. The maximum atomic E-state index is 13.5. The number of anilines is 1. The van der Waals surface area contributed by atoms with Gasteiger partial charge in [0.15, 0.2) is 11.5 Å². The highest BCUT2D eigenvalue weighted by molar-refractivity contribution is 5.89. The highest BCUT2D eigenvalue weighted by Gasteiger charge is 2.44. The van der Waals surface area contributed by atoms with Crippen molar-refractivity contribution in [2.24, 2.45) is 11.8 Å². The molecule has 0 amide bonds. The van der Waals surface area contributed by atoms with Crippen LogP contribution in [0.1, 0.15) is 66.8 Å². The number of rotatable bonds is 3. The Morgan fingerprint density at radius 1 is 0.947 bits per heavy atom. The zero-order chi connectivity index (χ0) is 26.0. The first-order valence-electron chi connectivity index (χ1n) is 13.9. The second-order valence-electron chi connectivity index (χ2n) is 11.2. The summed E-state index contributed by atoms with van der Waals surface area (Å²) < 4.78 is 57.7. The van der Waals surface area contributed by atoms with Gasteiger partial charge in [0.25, 0.3) is 0 Å². The molecular formula is C30H33F3N2O3. The molecule has 8 heteroatoms. The summed E-state index contributed by atoms with van der Waals surface area (Å²) in [4.78, 5) is 4.73. The van der Waals surface area contributed by atoms with Crippen LogP contribution in [0.4, 0.5) is 18.9 Å². The molecule has 38 heavy (non-hydrogen) atoms. The van der Waals surface area contributed by atoms with Crippen molar-refractivity contribution in [3.63, 3.8) is 0 Å². The van der Waals surface area contributed by atoms with Crippen LogP contribution in [0.2, 0.25) is 0 Å². The molecule has 5 nitrogen and oxygen atoms in total. The van der Waals surface area contributed by atoms with E-state index < -0.39 is 12.1 Å². The lowest BCUT2D eigenvalue weighted by Crippen LogP contribution is -2.42. The van der Waals surface area contributed by atoms with Crippen LogP contribution in [-0.2, 0) is 6.42 Å². The largest absolute Gasteiger partial charge is 0.495 e. The molecule has 4 aliphatic heterocycles. The Morgan fingerprint density at radius 2 is 1.68 bits per heavy atom. The number of ether oxygens (including phenoxy) is 3. The van der Waals surface area contributed by atoms with Crippen LogP contribution >= 0.6 is 0 Å². The van der Waals surface area contributed by atoms with Crippen molar-refractivity contribution in [3.05, 3.63) is 46.5 Å². The number of nitrogens with zero attached hydrogens (tertiary/aromatic N) is 2. The Kier molecular flexibility index (Phi) is 5.71. The minimum atomic E-state index is -4.13. The van der Waals surface area contributed by atoms with Crippen molar-refractivity contribution >= 4 is 17.5 Å². The quantitative estimate of drug-likeness (QED) is 0.439. The van der Waals surface area contributed by atoms with Gasteiger partial charge in [0.05, 0.1) is 24.8 Å². The van der Waals surface area contributed by atoms with E-state index in [0.29, 0.717) is 19.0 Å². The van der Waals surface area contributed by atoms with E-state index in [0.717, 1.165) is 54.3 Å². The maximum absolute atomic E-state index is 13.5. The van der Waals surface area contributed by atoms with Crippen LogP contribution in [0.15, 0.2) is 24.3 Å². The highest BCUT2D eigenvalue weighted by Crippen LogP contribution is 2.55. The second kappa shape index (κ2) is 9.02.